The molecule has 2 aromatic carbocycles. The van der Waals surface area contributed by atoms with Gasteiger partial charge in [-0.15, -0.1) is 0 Å². The third kappa shape index (κ3) is 4.72. The van der Waals surface area contributed by atoms with Gasteiger partial charge in [0.25, 0.3) is 0 Å². The van der Waals surface area contributed by atoms with Crippen LogP contribution in [0.3, 0.4) is 0 Å². The number of hydrogen-bond donors (Lipinski definition) is 0. The van der Waals surface area contributed by atoms with Crippen molar-refractivity contribution in [3.8, 4) is 0 Å². The molecule has 0 N–H and O–H groups in total. The Labute approximate surface area is 108 Å². The van der Waals surface area contributed by atoms with E-state index in [1.165, 1.54) is 27.5 Å². The molecule has 0 fully saturated rings. The maximum atomic E-state index is 3.06. The van der Waals surface area contributed by atoms with Gasteiger partial charge in [0.1, 0.15) is 0 Å². The van der Waals surface area contributed by atoms with Crippen molar-refractivity contribution in [2.24, 2.45) is 0 Å². The molecule has 0 atom stereocenters. The zero-order chi connectivity index (χ0) is 10.9. The Hall–Kier alpha value is -0.457. The van der Waals surface area contributed by atoms with E-state index < -0.39 is 0 Å². The van der Waals surface area contributed by atoms with Crippen molar-refractivity contribution >= 4 is 13.6 Å². The molecule has 2 heteroatoms. The first-order valence-corrected chi connectivity index (χ1v) is 11.7. The second kappa shape index (κ2) is 7.79. The van der Waals surface area contributed by atoms with E-state index >= 15 is 0 Å². The Morgan fingerprint density at radius 1 is 0.867 bits per heavy atom. The minimum Gasteiger partial charge on any atom is -0.184 e. The second-order valence-corrected chi connectivity index (χ2v) is 3.07. The van der Waals surface area contributed by atoms with Crippen LogP contribution >= 0.6 is 13.6 Å². The number of halogens is 1. The van der Waals surface area contributed by atoms with Gasteiger partial charge in [-0.25, -0.2) is 0 Å². The van der Waals surface area contributed by atoms with Gasteiger partial charge in [-0.05, 0) is 12.0 Å². The predicted octanol–water partition coefficient (Wildman–Crippen LogP) is 3.92. The van der Waals surface area contributed by atoms with Crippen molar-refractivity contribution in [3.63, 3.8) is 0 Å². The van der Waals surface area contributed by atoms with Gasteiger partial charge < -0.3 is 0 Å². The van der Waals surface area contributed by atoms with Crippen molar-refractivity contribution in [3.05, 3.63) is 71.8 Å². The van der Waals surface area contributed by atoms with Gasteiger partial charge in [0.05, 0.1) is 0 Å². The fourth-order valence-electron chi connectivity index (χ4n) is 1.37. The SMILES string of the molecule is [Zn+][Br].[c-]1ccc(Cc2ccccc2)cc1. The molecule has 0 radical (unpaired) electrons. The smallest absolute Gasteiger partial charge is 0.0250 e. The van der Waals surface area contributed by atoms with E-state index in [0.29, 0.717) is 0 Å². The molecule has 2 aromatic rings. The summed E-state index contributed by atoms with van der Waals surface area (Å²) in [5.74, 6) is 0. The van der Waals surface area contributed by atoms with Crippen LogP contribution in [-0.2, 0) is 22.8 Å². The monoisotopic (exact) mass is 310 g/mol. The molecule has 0 aliphatic carbocycles. The fourth-order valence-corrected chi connectivity index (χ4v) is 1.37. The van der Waals surface area contributed by atoms with E-state index in [1.54, 1.807) is 0 Å². The Morgan fingerprint density at radius 3 is 2.00 bits per heavy atom. The Bertz CT molecular complexity index is 321. The second-order valence-electron chi connectivity index (χ2n) is 3.07. The molecular weight excluding hydrogens is 301 g/mol. The standard InChI is InChI=1S/C13H11.BrH.Zn/c1-3-7-12(8-4-1)11-13-9-5-2-6-10-13;;/h1,3-10H,11H2;1H;/q-1;;+2/p-1. The van der Waals surface area contributed by atoms with Crippen LogP contribution in [0, 0.1) is 6.07 Å². The summed E-state index contributed by atoms with van der Waals surface area (Å²) in [5, 5.41) is 0. The van der Waals surface area contributed by atoms with Gasteiger partial charge in [-0.1, -0.05) is 30.3 Å². The average molecular weight is 313 g/mol. The summed E-state index contributed by atoms with van der Waals surface area (Å²) in [4.78, 5) is 0. The molecule has 0 heterocycles. The summed E-state index contributed by atoms with van der Waals surface area (Å²) in [6, 6.07) is 21.6. The maximum absolute atomic E-state index is 3.06. The predicted molar refractivity (Wildman–Crippen MR) is 63.5 cm³/mol. The van der Waals surface area contributed by atoms with Gasteiger partial charge in [-0.3, -0.25) is 0 Å². The molecule has 0 saturated carbocycles. The molecule has 0 bridgehead atoms. The molecule has 0 nitrogen and oxygen atoms in total. The van der Waals surface area contributed by atoms with Gasteiger partial charge in [0.2, 0.25) is 0 Å². The van der Waals surface area contributed by atoms with Gasteiger partial charge >= 0.3 is 30.0 Å². The average Bonchev–Trinajstić information content (AvgIpc) is 2.34. The first kappa shape index (κ1) is 12.6. The molecule has 0 aliphatic heterocycles. The van der Waals surface area contributed by atoms with Gasteiger partial charge in [-0.2, -0.15) is 35.9 Å². The van der Waals surface area contributed by atoms with Crippen molar-refractivity contribution in [2.75, 3.05) is 0 Å². The van der Waals surface area contributed by atoms with Crippen LogP contribution in [0.5, 0.6) is 0 Å². The van der Waals surface area contributed by atoms with E-state index in [4.69, 9.17) is 0 Å². The van der Waals surface area contributed by atoms with Crippen molar-refractivity contribution in [2.45, 2.75) is 6.42 Å². The van der Waals surface area contributed by atoms with Crippen LogP contribution in [0.2, 0.25) is 0 Å². The molecule has 72 valence electrons. The zero-order valence-electron chi connectivity index (χ0n) is 8.49. The Kier molecular flexibility index (Phi) is 6.55. The minimum atomic E-state index is 1.01. The van der Waals surface area contributed by atoms with Crippen LogP contribution in [-0.4, -0.2) is 0 Å². The quantitative estimate of drug-likeness (QED) is 0.582. The number of rotatable bonds is 2. The summed E-state index contributed by atoms with van der Waals surface area (Å²) in [5.41, 5.74) is 2.69. The van der Waals surface area contributed by atoms with Crippen LogP contribution in [0.15, 0.2) is 54.6 Å². The first-order chi connectivity index (χ1) is 7.45. The largest absolute Gasteiger partial charge is 0.184 e. The molecule has 0 saturated heterocycles. The van der Waals surface area contributed by atoms with Gasteiger partial charge in [0.15, 0.2) is 0 Å². The molecule has 0 aliphatic rings. The Morgan fingerprint density at radius 2 is 1.40 bits per heavy atom. The van der Waals surface area contributed by atoms with E-state index in [1.807, 2.05) is 18.2 Å². The molecule has 0 spiro atoms. The first-order valence-electron chi connectivity index (χ1n) is 4.71. The molecule has 15 heavy (non-hydrogen) atoms. The topological polar surface area (TPSA) is 0 Å². The minimum absolute atomic E-state index is 1.01. The van der Waals surface area contributed by atoms with Crippen molar-refractivity contribution in [1.29, 1.82) is 0 Å². The maximum Gasteiger partial charge on any atom is -0.0250 e. The van der Waals surface area contributed by atoms with Crippen molar-refractivity contribution in [1.82, 2.24) is 0 Å². The van der Waals surface area contributed by atoms with E-state index in [2.05, 4.69) is 56.1 Å². The zero-order valence-corrected chi connectivity index (χ0v) is 13.0. The Balaban J connectivity index is 0.000000531. The van der Waals surface area contributed by atoms with Crippen LogP contribution < -0.4 is 0 Å². The normalized spacial score (nSPS) is 9.00. The molecule has 0 amide bonds. The third-order valence-electron chi connectivity index (χ3n) is 2.04. The summed E-state index contributed by atoms with van der Waals surface area (Å²) >= 11 is 4.25. The van der Waals surface area contributed by atoms with Crippen LogP contribution in [0.4, 0.5) is 0 Å². The summed E-state index contributed by atoms with van der Waals surface area (Å²) < 4.78 is 0. The van der Waals surface area contributed by atoms with Crippen LogP contribution in [0.25, 0.3) is 0 Å². The number of benzene rings is 2. The molecule has 0 aromatic heterocycles. The number of hydrogen-bond acceptors (Lipinski definition) is 0. The molecule has 0 unspecified atom stereocenters. The summed E-state index contributed by atoms with van der Waals surface area (Å²) in [7, 11) is 0. The van der Waals surface area contributed by atoms with Crippen LogP contribution in [0.1, 0.15) is 11.1 Å². The van der Waals surface area contributed by atoms with E-state index in [-0.39, 0.29) is 0 Å². The molecular formula is C13H11BrZn. The van der Waals surface area contributed by atoms with Crippen molar-refractivity contribution < 1.29 is 16.3 Å². The summed E-state index contributed by atoms with van der Waals surface area (Å²) in [6.07, 6.45) is 1.01. The fraction of sp³-hybridized carbons (Fsp3) is 0.0769. The third-order valence-corrected chi connectivity index (χ3v) is 2.04. The van der Waals surface area contributed by atoms with E-state index in [0.717, 1.165) is 6.42 Å². The van der Waals surface area contributed by atoms with Gasteiger partial charge in [0, 0.05) is 0 Å². The summed E-state index contributed by atoms with van der Waals surface area (Å²) in [6.45, 7) is 0. The molecule has 2 rings (SSSR count). The van der Waals surface area contributed by atoms with E-state index in [9.17, 15) is 0 Å².